The first kappa shape index (κ1) is 14.9. The summed E-state index contributed by atoms with van der Waals surface area (Å²) in [7, 11) is 6.51. The lowest BCUT2D eigenvalue weighted by Gasteiger charge is -2.37. The fraction of sp³-hybridized carbons (Fsp3) is 1.00. The Labute approximate surface area is 108 Å². The SMILES string of the molecule is CCC(C)C(CN1CCC(N(C)C)CC1)NC. The van der Waals surface area contributed by atoms with Crippen molar-refractivity contribution in [3.05, 3.63) is 0 Å². The average Bonchev–Trinajstić information content (AvgIpc) is 2.35. The molecule has 0 aromatic heterocycles. The van der Waals surface area contributed by atoms with Gasteiger partial charge in [0.1, 0.15) is 0 Å². The van der Waals surface area contributed by atoms with E-state index in [1.165, 1.54) is 38.9 Å². The number of likely N-dealkylation sites (N-methyl/N-ethyl adjacent to an activating group) is 1. The molecule has 1 rings (SSSR count). The number of hydrogen-bond acceptors (Lipinski definition) is 3. The summed E-state index contributed by atoms with van der Waals surface area (Å²) in [6, 6.07) is 1.44. The van der Waals surface area contributed by atoms with Crippen LogP contribution in [-0.2, 0) is 0 Å². The normalized spacial score (nSPS) is 22.9. The van der Waals surface area contributed by atoms with E-state index in [2.05, 4.69) is 50.1 Å². The highest BCUT2D eigenvalue weighted by Gasteiger charge is 2.23. The van der Waals surface area contributed by atoms with E-state index < -0.39 is 0 Å². The zero-order valence-corrected chi connectivity index (χ0v) is 12.4. The summed E-state index contributed by atoms with van der Waals surface area (Å²) in [5.41, 5.74) is 0. The summed E-state index contributed by atoms with van der Waals surface area (Å²) in [5.74, 6) is 0.770. The van der Waals surface area contributed by atoms with Gasteiger partial charge in [0.05, 0.1) is 0 Å². The lowest BCUT2D eigenvalue weighted by atomic mass is 9.97. The topological polar surface area (TPSA) is 18.5 Å². The Bertz CT molecular complexity index is 198. The minimum Gasteiger partial charge on any atom is -0.315 e. The maximum Gasteiger partial charge on any atom is 0.0217 e. The molecule has 0 aromatic rings. The minimum atomic E-state index is 0.649. The van der Waals surface area contributed by atoms with Gasteiger partial charge in [0.15, 0.2) is 0 Å². The van der Waals surface area contributed by atoms with Crippen molar-refractivity contribution in [2.24, 2.45) is 5.92 Å². The zero-order chi connectivity index (χ0) is 12.8. The molecule has 0 aromatic carbocycles. The predicted molar refractivity (Wildman–Crippen MR) is 75.5 cm³/mol. The van der Waals surface area contributed by atoms with E-state index in [-0.39, 0.29) is 0 Å². The fourth-order valence-electron chi connectivity index (χ4n) is 2.74. The van der Waals surface area contributed by atoms with E-state index in [0.717, 1.165) is 12.0 Å². The van der Waals surface area contributed by atoms with Gasteiger partial charge in [0, 0.05) is 18.6 Å². The van der Waals surface area contributed by atoms with Gasteiger partial charge in [-0.15, -0.1) is 0 Å². The van der Waals surface area contributed by atoms with Crippen LogP contribution < -0.4 is 5.32 Å². The van der Waals surface area contributed by atoms with Crippen molar-refractivity contribution in [1.29, 1.82) is 0 Å². The first-order chi connectivity index (χ1) is 8.08. The fourth-order valence-corrected chi connectivity index (χ4v) is 2.74. The standard InChI is InChI=1S/C14H31N3/c1-6-12(2)14(15-3)11-17-9-7-13(8-10-17)16(4)5/h12-15H,6-11H2,1-5H3. The highest BCUT2D eigenvalue weighted by molar-refractivity contribution is 4.81. The maximum absolute atomic E-state index is 3.48. The number of likely N-dealkylation sites (tertiary alicyclic amines) is 1. The third-order valence-electron chi connectivity index (χ3n) is 4.44. The average molecular weight is 241 g/mol. The highest BCUT2D eigenvalue weighted by Crippen LogP contribution is 2.16. The van der Waals surface area contributed by atoms with Crippen molar-refractivity contribution < 1.29 is 0 Å². The van der Waals surface area contributed by atoms with Gasteiger partial charge in [-0.05, 0) is 53.0 Å². The first-order valence-electron chi connectivity index (χ1n) is 7.14. The Morgan fingerprint density at radius 1 is 1.29 bits per heavy atom. The Morgan fingerprint density at radius 2 is 1.88 bits per heavy atom. The molecule has 0 radical (unpaired) electrons. The molecule has 3 nitrogen and oxygen atoms in total. The third kappa shape index (κ3) is 4.57. The molecule has 0 saturated carbocycles. The minimum absolute atomic E-state index is 0.649. The predicted octanol–water partition coefficient (Wildman–Crippen LogP) is 1.65. The second kappa shape index (κ2) is 7.34. The van der Waals surface area contributed by atoms with Gasteiger partial charge in [-0.2, -0.15) is 0 Å². The van der Waals surface area contributed by atoms with Crippen LogP contribution in [0.1, 0.15) is 33.1 Å². The Morgan fingerprint density at radius 3 is 2.29 bits per heavy atom. The first-order valence-corrected chi connectivity index (χ1v) is 7.14. The number of nitrogens with one attached hydrogen (secondary N) is 1. The van der Waals surface area contributed by atoms with Crippen LogP contribution in [0, 0.1) is 5.92 Å². The molecule has 0 bridgehead atoms. The summed E-state index contributed by atoms with van der Waals surface area (Å²) in [6.45, 7) is 8.38. The van der Waals surface area contributed by atoms with Gasteiger partial charge >= 0.3 is 0 Å². The van der Waals surface area contributed by atoms with Crippen LogP contribution in [0.2, 0.25) is 0 Å². The Hall–Kier alpha value is -0.120. The molecular formula is C14H31N3. The van der Waals surface area contributed by atoms with Crippen LogP contribution >= 0.6 is 0 Å². The molecule has 2 unspecified atom stereocenters. The quantitative estimate of drug-likeness (QED) is 0.763. The molecule has 102 valence electrons. The number of nitrogens with zero attached hydrogens (tertiary/aromatic N) is 2. The lowest BCUT2D eigenvalue weighted by molar-refractivity contribution is 0.127. The number of rotatable bonds is 6. The Balaban J connectivity index is 2.33. The summed E-state index contributed by atoms with van der Waals surface area (Å²) < 4.78 is 0. The molecule has 0 aliphatic carbocycles. The second-order valence-corrected chi connectivity index (χ2v) is 5.78. The molecule has 1 saturated heterocycles. The van der Waals surface area contributed by atoms with Crippen molar-refractivity contribution in [2.45, 2.75) is 45.2 Å². The van der Waals surface area contributed by atoms with E-state index >= 15 is 0 Å². The van der Waals surface area contributed by atoms with Crippen LogP contribution in [0.4, 0.5) is 0 Å². The second-order valence-electron chi connectivity index (χ2n) is 5.78. The number of piperidine rings is 1. The molecule has 0 amide bonds. The third-order valence-corrected chi connectivity index (χ3v) is 4.44. The molecule has 1 heterocycles. The monoisotopic (exact) mass is 241 g/mol. The number of hydrogen-bond donors (Lipinski definition) is 1. The van der Waals surface area contributed by atoms with Crippen LogP contribution in [-0.4, -0.2) is 62.7 Å². The van der Waals surface area contributed by atoms with Gasteiger partial charge in [0.25, 0.3) is 0 Å². The summed E-state index contributed by atoms with van der Waals surface area (Å²) in [4.78, 5) is 5.01. The van der Waals surface area contributed by atoms with Crippen LogP contribution in [0.5, 0.6) is 0 Å². The molecule has 3 heteroatoms. The summed E-state index contributed by atoms with van der Waals surface area (Å²) in [6.07, 6.45) is 3.91. The van der Waals surface area contributed by atoms with E-state index in [4.69, 9.17) is 0 Å². The molecule has 1 N–H and O–H groups in total. The van der Waals surface area contributed by atoms with Crippen molar-refractivity contribution >= 4 is 0 Å². The maximum atomic E-state index is 3.48. The van der Waals surface area contributed by atoms with Crippen molar-refractivity contribution in [1.82, 2.24) is 15.1 Å². The van der Waals surface area contributed by atoms with E-state index in [1.54, 1.807) is 0 Å². The van der Waals surface area contributed by atoms with Gasteiger partial charge < -0.3 is 15.1 Å². The van der Waals surface area contributed by atoms with Gasteiger partial charge in [-0.1, -0.05) is 20.3 Å². The van der Waals surface area contributed by atoms with E-state index in [9.17, 15) is 0 Å². The smallest absolute Gasteiger partial charge is 0.0217 e. The van der Waals surface area contributed by atoms with Gasteiger partial charge in [-0.25, -0.2) is 0 Å². The van der Waals surface area contributed by atoms with Gasteiger partial charge in [-0.3, -0.25) is 0 Å². The van der Waals surface area contributed by atoms with E-state index in [1.807, 2.05) is 0 Å². The highest BCUT2D eigenvalue weighted by atomic mass is 15.2. The van der Waals surface area contributed by atoms with Crippen molar-refractivity contribution in [3.63, 3.8) is 0 Å². The van der Waals surface area contributed by atoms with E-state index in [0.29, 0.717) is 6.04 Å². The summed E-state index contributed by atoms with van der Waals surface area (Å²) >= 11 is 0. The van der Waals surface area contributed by atoms with Crippen molar-refractivity contribution in [2.75, 3.05) is 40.8 Å². The molecule has 0 spiro atoms. The molecule has 1 aliphatic rings. The molecule has 1 aliphatic heterocycles. The molecule has 17 heavy (non-hydrogen) atoms. The Kier molecular flexibility index (Phi) is 6.45. The molecule has 1 fully saturated rings. The molecule has 2 atom stereocenters. The van der Waals surface area contributed by atoms with Crippen LogP contribution in [0.15, 0.2) is 0 Å². The zero-order valence-electron chi connectivity index (χ0n) is 12.4. The molecular weight excluding hydrogens is 210 g/mol. The summed E-state index contributed by atoms with van der Waals surface area (Å²) in [5, 5.41) is 3.48. The lowest BCUT2D eigenvalue weighted by Crippen LogP contribution is -2.48. The van der Waals surface area contributed by atoms with Crippen LogP contribution in [0.25, 0.3) is 0 Å². The van der Waals surface area contributed by atoms with Crippen LogP contribution in [0.3, 0.4) is 0 Å². The van der Waals surface area contributed by atoms with Gasteiger partial charge in [0.2, 0.25) is 0 Å². The largest absolute Gasteiger partial charge is 0.315 e. The van der Waals surface area contributed by atoms with Crippen molar-refractivity contribution in [3.8, 4) is 0 Å².